The standard InChI is InChI=1S/C16H17NO3/c1-3-10-16(2)11-9-13(18)17(15(16)20)14(19)12-7-5-4-6-8-12/h3-8H,1,9-11H2,2H3. The van der Waals surface area contributed by atoms with Gasteiger partial charge in [0.25, 0.3) is 5.91 Å². The van der Waals surface area contributed by atoms with E-state index in [1.54, 1.807) is 43.3 Å². The number of rotatable bonds is 3. The van der Waals surface area contributed by atoms with Crippen LogP contribution in [0.4, 0.5) is 0 Å². The number of hydrogen-bond donors (Lipinski definition) is 0. The van der Waals surface area contributed by atoms with Crippen LogP contribution in [0.1, 0.15) is 36.5 Å². The molecule has 1 aromatic rings. The van der Waals surface area contributed by atoms with Gasteiger partial charge >= 0.3 is 0 Å². The molecule has 0 bridgehead atoms. The number of likely N-dealkylation sites (tertiary alicyclic amines) is 1. The summed E-state index contributed by atoms with van der Waals surface area (Å²) in [6, 6.07) is 8.38. The molecule has 0 aliphatic carbocycles. The van der Waals surface area contributed by atoms with Crippen molar-refractivity contribution in [2.75, 3.05) is 0 Å². The number of nitrogens with zero attached hydrogens (tertiary/aromatic N) is 1. The van der Waals surface area contributed by atoms with Crippen molar-refractivity contribution >= 4 is 17.7 Å². The lowest BCUT2D eigenvalue weighted by Gasteiger charge is -2.36. The van der Waals surface area contributed by atoms with Crippen molar-refractivity contribution in [3.63, 3.8) is 0 Å². The number of imide groups is 3. The van der Waals surface area contributed by atoms with Crippen LogP contribution >= 0.6 is 0 Å². The molecule has 1 unspecified atom stereocenters. The van der Waals surface area contributed by atoms with Gasteiger partial charge in [-0.2, -0.15) is 0 Å². The Balaban J connectivity index is 2.33. The Morgan fingerprint density at radius 2 is 2.00 bits per heavy atom. The van der Waals surface area contributed by atoms with E-state index in [0.29, 0.717) is 18.4 Å². The van der Waals surface area contributed by atoms with E-state index in [9.17, 15) is 14.4 Å². The average molecular weight is 271 g/mol. The van der Waals surface area contributed by atoms with E-state index < -0.39 is 23.1 Å². The summed E-state index contributed by atoms with van der Waals surface area (Å²) in [5.74, 6) is -1.40. The van der Waals surface area contributed by atoms with E-state index in [2.05, 4.69) is 6.58 Å². The van der Waals surface area contributed by atoms with E-state index >= 15 is 0 Å². The van der Waals surface area contributed by atoms with Gasteiger partial charge in [-0.15, -0.1) is 6.58 Å². The highest BCUT2D eigenvalue weighted by Gasteiger charge is 2.45. The SMILES string of the molecule is C=CCC1(C)CCC(=O)N(C(=O)c2ccccc2)C1=O. The Bertz CT molecular complexity index is 564. The van der Waals surface area contributed by atoms with Crippen LogP contribution in [0.25, 0.3) is 0 Å². The third kappa shape index (κ3) is 2.41. The van der Waals surface area contributed by atoms with Gasteiger partial charge < -0.3 is 0 Å². The van der Waals surface area contributed by atoms with Crippen molar-refractivity contribution in [3.8, 4) is 0 Å². The van der Waals surface area contributed by atoms with Gasteiger partial charge in [0.1, 0.15) is 0 Å². The van der Waals surface area contributed by atoms with Crippen LogP contribution in [0.15, 0.2) is 43.0 Å². The Labute approximate surface area is 118 Å². The number of carbonyl (C=O) groups is 3. The van der Waals surface area contributed by atoms with Crippen molar-refractivity contribution in [1.82, 2.24) is 4.90 Å². The molecule has 1 aliphatic rings. The smallest absolute Gasteiger partial charge is 0.267 e. The first kappa shape index (κ1) is 14.2. The molecular formula is C16H17NO3. The number of amides is 3. The Kier molecular flexibility index (Phi) is 3.84. The normalized spacial score (nSPS) is 22.8. The van der Waals surface area contributed by atoms with Crippen molar-refractivity contribution in [2.24, 2.45) is 5.41 Å². The summed E-state index contributed by atoms with van der Waals surface area (Å²) in [5.41, 5.74) is -0.378. The van der Waals surface area contributed by atoms with Crippen molar-refractivity contribution in [2.45, 2.75) is 26.2 Å². The van der Waals surface area contributed by atoms with E-state index in [0.717, 1.165) is 4.90 Å². The maximum atomic E-state index is 12.5. The molecule has 0 spiro atoms. The molecule has 1 fully saturated rings. The third-order valence-electron chi connectivity index (χ3n) is 3.68. The topological polar surface area (TPSA) is 54.5 Å². The van der Waals surface area contributed by atoms with Gasteiger partial charge in [0.05, 0.1) is 5.41 Å². The first-order valence-electron chi connectivity index (χ1n) is 6.57. The van der Waals surface area contributed by atoms with Crippen LogP contribution in [-0.4, -0.2) is 22.6 Å². The zero-order valence-corrected chi connectivity index (χ0v) is 11.5. The number of piperidine rings is 1. The molecule has 1 aliphatic heterocycles. The third-order valence-corrected chi connectivity index (χ3v) is 3.68. The molecule has 0 aromatic heterocycles. The molecule has 0 radical (unpaired) electrons. The fraction of sp³-hybridized carbons (Fsp3) is 0.312. The summed E-state index contributed by atoms with van der Waals surface area (Å²) in [4.78, 5) is 37.6. The minimum Gasteiger partial charge on any atom is -0.274 e. The highest BCUT2D eigenvalue weighted by Crippen LogP contribution is 2.35. The summed E-state index contributed by atoms with van der Waals surface area (Å²) in [6.45, 7) is 5.41. The molecule has 1 heterocycles. The lowest BCUT2D eigenvalue weighted by atomic mass is 9.77. The van der Waals surface area contributed by atoms with Crippen molar-refractivity contribution < 1.29 is 14.4 Å². The predicted molar refractivity (Wildman–Crippen MR) is 74.8 cm³/mol. The first-order valence-corrected chi connectivity index (χ1v) is 6.57. The molecular weight excluding hydrogens is 254 g/mol. The van der Waals surface area contributed by atoms with Crippen LogP contribution < -0.4 is 0 Å². The van der Waals surface area contributed by atoms with Crippen LogP contribution in [0, 0.1) is 5.41 Å². The first-order chi connectivity index (χ1) is 9.49. The molecule has 2 rings (SSSR count). The monoisotopic (exact) mass is 271 g/mol. The zero-order valence-electron chi connectivity index (χ0n) is 11.5. The van der Waals surface area contributed by atoms with Gasteiger partial charge in [0.2, 0.25) is 11.8 Å². The van der Waals surface area contributed by atoms with Crippen molar-refractivity contribution in [3.05, 3.63) is 48.6 Å². The van der Waals surface area contributed by atoms with Crippen LogP contribution in [0.2, 0.25) is 0 Å². The molecule has 104 valence electrons. The Morgan fingerprint density at radius 1 is 1.35 bits per heavy atom. The van der Waals surface area contributed by atoms with Gasteiger partial charge in [-0.25, -0.2) is 4.90 Å². The number of allylic oxidation sites excluding steroid dienone is 1. The number of benzene rings is 1. The van der Waals surface area contributed by atoms with Gasteiger partial charge in [-0.1, -0.05) is 31.2 Å². The minimum absolute atomic E-state index is 0.203. The molecule has 0 saturated carbocycles. The van der Waals surface area contributed by atoms with E-state index in [4.69, 9.17) is 0 Å². The Hall–Kier alpha value is -2.23. The van der Waals surface area contributed by atoms with E-state index in [-0.39, 0.29) is 6.42 Å². The van der Waals surface area contributed by atoms with Gasteiger partial charge in [0, 0.05) is 12.0 Å². The average Bonchev–Trinajstić information content (AvgIpc) is 2.45. The lowest BCUT2D eigenvalue weighted by molar-refractivity contribution is -0.152. The van der Waals surface area contributed by atoms with Crippen LogP contribution in [0.3, 0.4) is 0 Å². The van der Waals surface area contributed by atoms with Gasteiger partial charge in [-0.05, 0) is 25.0 Å². The second-order valence-corrected chi connectivity index (χ2v) is 5.26. The van der Waals surface area contributed by atoms with E-state index in [1.807, 2.05) is 0 Å². The second-order valence-electron chi connectivity index (χ2n) is 5.26. The maximum absolute atomic E-state index is 12.5. The quantitative estimate of drug-likeness (QED) is 0.627. The summed E-state index contributed by atoms with van der Waals surface area (Å²) in [6.07, 6.45) is 2.76. The fourth-order valence-electron chi connectivity index (χ4n) is 2.41. The molecule has 1 saturated heterocycles. The number of carbonyl (C=O) groups excluding carboxylic acids is 3. The molecule has 1 atom stereocenters. The van der Waals surface area contributed by atoms with Gasteiger partial charge in [-0.3, -0.25) is 14.4 Å². The largest absolute Gasteiger partial charge is 0.274 e. The molecule has 20 heavy (non-hydrogen) atoms. The fourth-order valence-corrected chi connectivity index (χ4v) is 2.41. The molecule has 4 heteroatoms. The molecule has 1 aromatic carbocycles. The van der Waals surface area contributed by atoms with Gasteiger partial charge in [0.15, 0.2) is 0 Å². The summed E-state index contributed by atoms with van der Waals surface area (Å²) in [5, 5.41) is 0. The molecule has 3 amide bonds. The predicted octanol–water partition coefficient (Wildman–Crippen LogP) is 2.56. The highest BCUT2D eigenvalue weighted by atomic mass is 16.2. The molecule has 0 N–H and O–H groups in total. The van der Waals surface area contributed by atoms with E-state index in [1.165, 1.54) is 0 Å². The summed E-state index contributed by atoms with van der Waals surface area (Å²) < 4.78 is 0. The van der Waals surface area contributed by atoms with Crippen LogP contribution in [-0.2, 0) is 9.59 Å². The number of hydrogen-bond acceptors (Lipinski definition) is 3. The maximum Gasteiger partial charge on any atom is 0.267 e. The van der Waals surface area contributed by atoms with Crippen LogP contribution in [0.5, 0.6) is 0 Å². The molecule has 4 nitrogen and oxygen atoms in total. The minimum atomic E-state index is -0.722. The summed E-state index contributed by atoms with van der Waals surface area (Å²) >= 11 is 0. The highest BCUT2D eigenvalue weighted by molar-refractivity contribution is 6.18. The summed E-state index contributed by atoms with van der Waals surface area (Å²) in [7, 11) is 0. The Morgan fingerprint density at radius 3 is 2.60 bits per heavy atom. The zero-order chi connectivity index (χ0) is 14.8. The second kappa shape index (κ2) is 5.41. The lowest BCUT2D eigenvalue weighted by Crippen LogP contribution is -2.52. The van der Waals surface area contributed by atoms with Crippen molar-refractivity contribution in [1.29, 1.82) is 0 Å².